The van der Waals surface area contributed by atoms with E-state index in [0.29, 0.717) is 6.42 Å². The summed E-state index contributed by atoms with van der Waals surface area (Å²) in [5.41, 5.74) is 0.941. The van der Waals surface area contributed by atoms with Crippen LogP contribution in [0.4, 0.5) is 0 Å². The molecule has 13 heavy (non-hydrogen) atoms. The van der Waals surface area contributed by atoms with E-state index in [4.69, 9.17) is 0 Å². The third kappa shape index (κ3) is 4.80. The molecule has 1 rings (SSSR count). The molecule has 0 N–H and O–H groups in total. The SMILES string of the molecule is O=P([O-])([O-])OCCc1ccccc1. The van der Waals surface area contributed by atoms with Crippen LogP contribution in [-0.4, -0.2) is 6.61 Å². The second-order valence-corrected chi connectivity index (χ2v) is 3.67. The van der Waals surface area contributed by atoms with Crippen LogP contribution in [0.25, 0.3) is 0 Å². The van der Waals surface area contributed by atoms with Crippen LogP contribution in [0, 0.1) is 0 Å². The fourth-order valence-electron chi connectivity index (χ4n) is 0.920. The van der Waals surface area contributed by atoms with Gasteiger partial charge in [0.15, 0.2) is 0 Å². The minimum Gasteiger partial charge on any atom is -0.790 e. The van der Waals surface area contributed by atoms with E-state index in [0.717, 1.165) is 5.56 Å². The van der Waals surface area contributed by atoms with E-state index >= 15 is 0 Å². The van der Waals surface area contributed by atoms with Gasteiger partial charge in [0.05, 0.1) is 14.4 Å². The number of hydrogen-bond donors (Lipinski definition) is 0. The van der Waals surface area contributed by atoms with Gasteiger partial charge >= 0.3 is 0 Å². The predicted octanol–water partition coefficient (Wildman–Crippen LogP) is 0.0744. The number of phosphoric ester groups is 1. The van der Waals surface area contributed by atoms with E-state index in [1.165, 1.54) is 0 Å². The van der Waals surface area contributed by atoms with Gasteiger partial charge in [-0.3, -0.25) is 0 Å². The highest BCUT2D eigenvalue weighted by atomic mass is 31.2. The molecule has 4 nitrogen and oxygen atoms in total. The molecule has 0 aromatic heterocycles. The van der Waals surface area contributed by atoms with Crippen molar-refractivity contribution in [2.75, 3.05) is 6.61 Å². The Balaban J connectivity index is 2.33. The fourth-order valence-corrected chi connectivity index (χ4v) is 1.23. The summed E-state index contributed by atoms with van der Waals surface area (Å²) in [5, 5.41) is 0. The van der Waals surface area contributed by atoms with Gasteiger partial charge in [-0.25, -0.2) is 0 Å². The Morgan fingerprint density at radius 3 is 2.38 bits per heavy atom. The van der Waals surface area contributed by atoms with E-state index < -0.39 is 7.82 Å². The van der Waals surface area contributed by atoms with Crippen LogP contribution in [0.2, 0.25) is 0 Å². The second-order valence-electron chi connectivity index (χ2n) is 2.52. The number of benzene rings is 1. The molecule has 0 fully saturated rings. The minimum absolute atomic E-state index is 0.0890. The Bertz CT molecular complexity index is 292. The summed E-state index contributed by atoms with van der Waals surface area (Å²) in [6.45, 7) is -0.0890. The summed E-state index contributed by atoms with van der Waals surface area (Å²) in [4.78, 5) is 20.1. The molecule has 0 aliphatic carbocycles. The van der Waals surface area contributed by atoms with Crippen LogP contribution >= 0.6 is 7.82 Å². The lowest BCUT2D eigenvalue weighted by Gasteiger charge is -2.28. The fraction of sp³-hybridized carbons (Fsp3) is 0.250. The Kier molecular flexibility index (Phi) is 3.63. The van der Waals surface area contributed by atoms with Crippen LogP contribution in [0.15, 0.2) is 30.3 Å². The molecule has 1 aromatic rings. The first-order chi connectivity index (χ1) is 6.08. The molecule has 0 heterocycles. The predicted molar refractivity (Wildman–Crippen MR) is 43.7 cm³/mol. The van der Waals surface area contributed by atoms with Gasteiger partial charge < -0.3 is 18.9 Å². The van der Waals surface area contributed by atoms with Crippen molar-refractivity contribution in [2.24, 2.45) is 0 Å². The Labute approximate surface area is 76.4 Å². The number of rotatable bonds is 4. The standard InChI is InChI=1S/C8H11O4P/c9-13(10,11)12-7-6-8-4-2-1-3-5-8/h1-5H,6-7H2,(H2,9,10,11)/p-2. The first-order valence-corrected chi connectivity index (χ1v) is 5.24. The lowest BCUT2D eigenvalue weighted by atomic mass is 10.2. The van der Waals surface area contributed by atoms with E-state index in [1.807, 2.05) is 30.3 Å². The molecule has 1 aromatic carbocycles. The summed E-state index contributed by atoms with van der Waals surface area (Å²) < 4.78 is 14.1. The maximum Gasteiger partial charge on any atom is 0.0596 e. The molecule has 5 heteroatoms. The average Bonchev–Trinajstić information content (AvgIpc) is 2.04. The van der Waals surface area contributed by atoms with Gasteiger partial charge in [0.2, 0.25) is 0 Å². The summed E-state index contributed by atoms with van der Waals surface area (Å²) in [7, 11) is -4.80. The van der Waals surface area contributed by atoms with Crippen LogP contribution in [0.5, 0.6) is 0 Å². The molecule has 0 amide bonds. The third-order valence-electron chi connectivity index (χ3n) is 1.48. The molecule has 0 atom stereocenters. The summed E-state index contributed by atoms with van der Waals surface area (Å²) in [5.74, 6) is 0. The lowest BCUT2D eigenvalue weighted by Crippen LogP contribution is -2.17. The molecule has 0 aliphatic heterocycles. The monoisotopic (exact) mass is 200 g/mol. The van der Waals surface area contributed by atoms with Gasteiger partial charge in [0, 0.05) is 0 Å². The van der Waals surface area contributed by atoms with Gasteiger partial charge in [-0.05, 0) is 12.0 Å². The molecule has 0 saturated carbocycles. The van der Waals surface area contributed by atoms with Gasteiger partial charge in [-0.15, -0.1) is 0 Å². The summed E-state index contributed by atoms with van der Waals surface area (Å²) in [6, 6.07) is 9.21. The van der Waals surface area contributed by atoms with Crippen LogP contribution in [0.1, 0.15) is 5.56 Å². The molecular weight excluding hydrogens is 191 g/mol. The van der Waals surface area contributed by atoms with Crippen molar-refractivity contribution in [3.8, 4) is 0 Å². The van der Waals surface area contributed by atoms with E-state index in [9.17, 15) is 14.4 Å². The highest BCUT2D eigenvalue weighted by Gasteiger charge is 1.93. The lowest BCUT2D eigenvalue weighted by molar-refractivity contribution is -0.341. The third-order valence-corrected chi connectivity index (χ3v) is 1.98. The molecule has 72 valence electrons. The summed E-state index contributed by atoms with van der Waals surface area (Å²) >= 11 is 0. The maximum atomic E-state index is 10.1. The van der Waals surface area contributed by atoms with Gasteiger partial charge in [-0.2, -0.15) is 0 Å². The zero-order chi connectivity index (χ0) is 9.73. The first kappa shape index (κ1) is 10.4. The highest BCUT2D eigenvalue weighted by molar-refractivity contribution is 7.43. The zero-order valence-corrected chi connectivity index (χ0v) is 7.78. The number of hydrogen-bond acceptors (Lipinski definition) is 4. The van der Waals surface area contributed by atoms with Crippen molar-refractivity contribution < 1.29 is 18.9 Å². The van der Waals surface area contributed by atoms with Gasteiger partial charge in [0.25, 0.3) is 0 Å². The van der Waals surface area contributed by atoms with Gasteiger partial charge in [-0.1, -0.05) is 30.3 Å². The Hall–Kier alpha value is -0.670. The van der Waals surface area contributed by atoms with Crippen molar-refractivity contribution in [3.63, 3.8) is 0 Å². The van der Waals surface area contributed by atoms with E-state index in [1.54, 1.807) is 0 Å². The van der Waals surface area contributed by atoms with Crippen molar-refractivity contribution in [2.45, 2.75) is 6.42 Å². The van der Waals surface area contributed by atoms with Crippen molar-refractivity contribution in [3.05, 3.63) is 35.9 Å². The Morgan fingerprint density at radius 2 is 1.85 bits per heavy atom. The van der Waals surface area contributed by atoms with Crippen LogP contribution < -0.4 is 9.79 Å². The van der Waals surface area contributed by atoms with E-state index in [-0.39, 0.29) is 6.61 Å². The summed E-state index contributed by atoms with van der Waals surface area (Å²) in [6.07, 6.45) is 0.426. The average molecular weight is 200 g/mol. The topological polar surface area (TPSA) is 72.4 Å². The molecular formula is C8H9O4P-2. The van der Waals surface area contributed by atoms with Crippen molar-refractivity contribution >= 4 is 7.82 Å². The molecule has 0 unspecified atom stereocenters. The zero-order valence-electron chi connectivity index (χ0n) is 6.88. The van der Waals surface area contributed by atoms with Crippen LogP contribution in [-0.2, 0) is 15.5 Å². The Morgan fingerprint density at radius 1 is 1.23 bits per heavy atom. The second kappa shape index (κ2) is 4.53. The quantitative estimate of drug-likeness (QED) is 0.645. The smallest absolute Gasteiger partial charge is 0.0596 e. The number of phosphoric acid groups is 1. The maximum absolute atomic E-state index is 10.1. The van der Waals surface area contributed by atoms with Crippen molar-refractivity contribution in [1.82, 2.24) is 0 Å². The first-order valence-electron chi connectivity index (χ1n) is 3.78. The molecule has 0 aliphatic rings. The molecule has 0 spiro atoms. The normalized spacial score (nSPS) is 11.5. The van der Waals surface area contributed by atoms with Crippen LogP contribution in [0.3, 0.4) is 0 Å². The molecule has 0 bridgehead atoms. The van der Waals surface area contributed by atoms with Gasteiger partial charge in [0.1, 0.15) is 0 Å². The largest absolute Gasteiger partial charge is 0.790 e. The van der Waals surface area contributed by atoms with E-state index in [2.05, 4.69) is 4.52 Å². The highest BCUT2D eigenvalue weighted by Crippen LogP contribution is 2.24. The molecule has 0 saturated heterocycles. The molecule has 0 radical (unpaired) electrons. The minimum atomic E-state index is -4.80. The van der Waals surface area contributed by atoms with Crippen molar-refractivity contribution in [1.29, 1.82) is 0 Å².